The lowest BCUT2D eigenvalue weighted by molar-refractivity contribution is 0.343. The Morgan fingerprint density at radius 3 is 2.30 bits per heavy atom. The fourth-order valence-corrected chi connectivity index (χ4v) is 3.31. The van der Waals surface area contributed by atoms with Gasteiger partial charge < -0.3 is 10.6 Å². The van der Waals surface area contributed by atoms with Crippen LogP contribution in [-0.4, -0.2) is 39.2 Å². The predicted molar refractivity (Wildman–Crippen MR) is 83.4 cm³/mol. The van der Waals surface area contributed by atoms with Crippen molar-refractivity contribution in [2.45, 2.75) is 37.6 Å². The number of unbranched alkanes of at least 4 members (excludes halogenated alkanes) is 2. The van der Waals surface area contributed by atoms with Crippen LogP contribution in [0.1, 0.15) is 31.7 Å². The number of sulfone groups is 1. The fourth-order valence-electron chi connectivity index (χ4n) is 1.97. The van der Waals surface area contributed by atoms with Gasteiger partial charge in [-0.1, -0.05) is 31.9 Å². The first-order valence-corrected chi connectivity index (χ1v) is 8.85. The summed E-state index contributed by atoms with van der Waals surface area (Å²) in [5, 5.41) is 0. The van der Waals surface area contributed by atoms with Gasteiger partial charge in [-0.25, -0.2) is 8.42 Å². The molecule has 0 aliphatic heterocycles. The molecule has 114 valence electrons. The number of nitrogens with two attached hydrogens (primary N) is 1. The van der Waals surface area contributed by atoms with E-state index in [4.69, 9.17) is 5.73 Å². The number of hydrogen-bond donors (Lipinski definition) is 1. The van der Waals surface area contributed by atoms with Gasteiger partial charge >= 0.3 is 0 Å². The van der Waals surface area contributed by atoms with Gasteiger partial charge in [-0.05, 0) is 37.7 Å². The SMILES string of the molecule is CCCCCN(C)CCS(=O)(=O)c1ccc(CN)cc1. The second-order valence-corrected chi connectivity index (χ2v) is 7.29. The summed E-state index contributed by atoms with van der Waals surface area (Å²) in [4.78, 5) is 2.47. The van der Waals surface area contributed by atoms with Crippen LogP contribution >= 0.6 is 0 Å². The summed E-state index contributed by atoms with van der Waals surface area (Å²) in [6.45, 7) is 4.12. The molecular formula is C15H26N2O2S. The van der Waals surface area contributed by atoms with E-state index in [1.54, 1.807) is 24.3 Å². The van der Waals surface area contributed by atoms with Crippen LogP contribution in [0.15, 0.2) is 29.2 Å². The number of hydrogen-bond acceptors (Lipinski definition) is 4. The molecule has 1 aromatic rings. The van der Waals surface area contributed by atoms with Crippen LogP contribution in [0.3, 0.4) is 0 Å². The van der Waals surface area contributed by atoms with Crippen molar-refractivity contribution in [3.05, 3.63) is 29.8 Å². The predicted octanol–water partition coefficient (Wildman–Crippen LogP) is 2.04. The molecule has 4 nitrogen and oxygen atoms in total. The van der Waals surface area contributed by atoms with Crippen molar-refractivity contribution in [2.24, 2.45) is 5.73 Å². The molecule has 0 saturated heterocycles. The molecule has 0 spiro atoms. The molecule has 0 radical (unpaired) electrons. The molecule has 0 saturated carbocycles. The fraction of sp³-hybridized carbons (Fsp3) is 0.600. The molecule has 2 N–H and O–H groups in total. The molecule has 0 atom stereocenters. The molecule has 0 amide bonds. The third kappa shape index (κ3) is 5.61. The average Bonchev–Trinajstić information content (AvgIpc) is 2.45. The van der Waals surface area contributed by atoms with E-state index >= 15 is 0 Å². The van der Waals surface area contributed by atoms with Gasteiger partial charge in [-0.2, -0.15) is 0 Å². The molecule has 0 bridgehead atoms. The van der Waals surface area contributed by atoms with Crippen LogP contribution in [0.5, 0.6) is 0 Å². The summed E-state index contributed by atoms with van der Waals surface area (Å²) in [7, 11) is -1.22. The minimum absolute atomic E-state index is 0.164. The number of nitrogens with zero attached hydrogens (tertiary/aromatic N) is 1. The van der Waals surface area contributed by atoms with Gasteiger partial charge in [0.15, 0.2) is 9.84 Å². The first-order valence-electron chi connectivity index (χ1n) is 7.20. The summed E-state index contributed by atoms with van der Waals surface area (Å²) in [6, 6.07) is 6.85. The zero-order valence-electron chi connectivity index (χ0n) is 12.5. The zero-order valence-corrected chi connectivity index (χ0v) is 13.3. The largest absolute Gasteiger partial charge is 0.326 e. The first kappa shape index (κ1) is 17.1. The Morgan fingerprint density at radius 2 is 1.75 bits per heavy atom. The normalized spacial score (nSPS) is 12.0. The summed E-state index contributed by atoms with van der Waals surface area (Å²) in [6.07, 6.45) is 3.50. The lowest BCUT2D eigenvalue weighted by Crippen LogP contribution is -2.26. The minimum atomic E-state index is -3.19. The number of benzene rings is 1. The Morgan fingerprint density at radius 1 is 1.10 bits per heavy atom. The van der Waals surface area contributed by atoms with E-state index in [2.05, 4.69) is 11.8 Å². The number of rotatable bonds is 9. The van der Waals surface area contributed by atoms with Crippen molar-refractivity contribution in [3.8, 4) is 0 Å². The minimum Gasteiger partial charge on any atom is -0.326 e. The van der Waals surface area contributed by atoms with Crippen molar-refractivity contribution in [2.75, 3.05) is 25.9 Å². The molecule has 1 aromatic carbocycles. The van der Waals surface area contributed by atoms with E-state index in [0.29, 0.717) is 18.0 Å². The third-order valence-electron chi connectivity index (χ3n) is 3.40. The van der Waals surface area contributed by atoms with Gasteiger partial charge in [0.2, 0.25) is 0 Å². The highest BCUT2D eigenvalue weighted by molar-refractivity contribution is 7.91. The topological polar surface area (TPSA) is 63.4 Å². The van der Waals surface area contributed by atoms with E-state index < -0.39 is 9.84 Å². The lowest BCUT2D eigenvalue weighted by Gasteiger charge is -2.16. The van der Waals surface area contributed by atoms with E-state index in [-0.39, 0.29) is 5.75 Å². The highest BCUT2D eigenvalue weighted by atomic mass is 32.2. The molecule has 20 heavy (non-hydrogen) atoms. The van der Waals surface area contributed by atoms with E-state index in [1.807, 2.05) is 7.05 Å². The van der Waals surface area contributed by atoms with Crippen molar-refractivity contribution in [1.29, 1.82) is 0 Å². The van der Waals surface area contributed by atoms with Crippen molar-refractivity contribution < 1.29 is 8.42 Å². The van der Waals surface area contributed by atoms with Gasteiger partial charge in [0, 0.05) is 13.1 Å². The maximum atomic E-state index is 12.2. The van der Waals surface area contributed by atoms with Crippen molar-refractivity contribution in [1.82, 2.24) is 4.90 Å². The highest BCUT2D eigenvalue weighted by Crippen LogP contribution is 2.12. The van der Waals surface area contributed by atoms with Crippen LogP contribution in [0.2, 0.25) is 0 Å². The Bertz CT molecular complexity index is 483. The summed E-state index contributed by atoms with van der Waals surface area (Å²) < 4.78 is 24.4. The maximum absolute atomic E-state index is 12.2. The summed E-state index contributed by atoms with van der Waals surface area (Å²) in [5.74, 6) is 0.164. The Hall–Kier alpha value is -0.910. The van der Waals surface area contributed by atoms with Crippen LogP contribution in [0, 0.1) is 0 Å². The van der Waals surface area contributed by atoms with Gasteiger partial charge in [0.25, 0.3) is 0 Å². The average molecular weight is 298 g/mol. The molecule has 0 fully saturated rings. The van der Waals surface area contributed by atoms with Crippen LogP contribution in [0.25, 0.3) is 0 Å². The van der Waals surface area contributed by atoms with Crippen LogP contribution < -0.4 is 5.73 Å². The van der Waals surface area contributed by atoms with Gasteiger partial charge in [-0.3, -0.25) is 0 Å². The second-order valence-electron chi connectivity index (χ2n) is 5.18. The molecule has 5 heteroatoms. The molecule has 0 aromatic heterocycles. The smallest absolute Gasteiger partial charge is 0.179 e. The lowest BCUT2D eigenvalue weighted by atomic mass is 10.2. The molecule has 1 rings (SSSR count). The van der Waals surface area contributed by atoms with Gasteiger partial charge in [-0.15, -0.1) is 0 Å². The van der Waals surface area contributed by atoms with Crippen molar-refractivity contribution >= 4 is 9.84 Å². The molecule has 0 aliphatic rings. The second kappa shape index (κ2) is 8.39. The molecule has 0 unspecified atom stereocenters. The Kier molecular flexibility index (Phi) is 7.19. The zero-order chi connectivity index (χ0) is 15.0. The monoisotopic (exact) mass is 298 g/mol. The van der Waals surface area contributed by atoms with E-state index in [1.165, 1.54) is 12.8 Å². The molecular weight excluding hydrogens is 272 g/mol. The maximum Gasteiger partial charge on any atom is 0.179 e. The highest BCUT2D eigenvalue weighted by Gasteiger charge is 2.15. The summed E-state index contributed by atoms with van der Waals surface area (Å²) >= 11 is 0. The van der Waals surface area contributed by atoms with Crippen molar-refractivity contribution in [3.63, 3.8) is 0 Å². The van der Waals surface area contributed by atoms with E-state index in [9.17, 15) is 8.42 Å². The Balaban J connectivity index is 2.52. The van der Waals surface area contributed by atoms with E-state index in [0.717, 1.165) is 18.5 Å². The van der Waals surface area contributed by atoms with Crippen LogP contribution in [0.4, 0.5) is 0 Å². The quantitative estimate of drug-likeness (QED) is 0.709. The van der Waals surface area contributed by atoms with Crippen LogP contribution in [-0.2, 0) is 16.4 Å². The summed E-state index contributed by atoms with van der Waals surface area (Å²) in [5.41, 5.74) is 6.45. The first-order chi connectivity index (χ1) is 9.49. The Labute approximate surface area is 122 Å². The molecule has 0 aliphatic carbocycles. The van der Waals surface area contributed by atoms with Gasteiger partial charge in [0.1, 0.15) is 0 Å². The molecule has 0 heterocycles. The standard InChI is InChI=1S/C15H26N2O2S/c1-3-4-5-10-17(2)11-12-20(18,19)15-8-6-14(13-16)7-9-15/h6-9H,3-5,10-13,16H2,1-2H3. The third-order valence-corrected chi connectivity index (χ3v) is 5.11. The van der Waals surface area contributed by atoms with Gasteiger partial charge in [0.05, 0.1) is 10.6 Å².